The minimum atomic E-state index is 0.174. The lowest BCUT2D eigenvalue weighted by molar-refractivity contribution is 0.0782. The first-order valence-electron chi connectivity index (χ1n) is 7.75. The molecular weight excluding hydrogens is 260 g/mol. The molecule has 2 aromatic rings. The van der Waals surface area contributed by atoms with Gasteiger partial charge < -0.3 is 9.47 Å². The van der Waals surface area contributed by atoms with Crippen LogP contribution in [0.1, 0.15) is 35.8 Å². The molecule has 110 valence electrons. The fourth-order valence-electron chi connectivity index (χ4n) is 2.94. The molecule has 1 aromatic heterocycles. The van der Waals surface area contributed by atoms with Gasteiger partial charge in [0.1, 0.15) is 5.69 Å². The molecule has 3 heteroatoms. The molecule has 1 saturated heterocycles. The highest BCUT2D eigenvalue weighted by atomic mass is 16.2. The van der Waals surface area contributed by atoms with E-state index in [0.717, 1.165) is 43.7 Å². The van der Waals surface area contributed by atoms with Crippen molar-refractivity contribution in [2.45, 2.75) is 33.2 Å². The van der Waals surface area contributed by atoms with Gasteiger partial charge in [-0.2, -0.15) is 0 Å². The van der Waals surface area contributed by atoms with Gasteiger partial charge in [-0.3, -0.25) is 4.79 Å². The van der Waals surface area contributed by atoms with Crippen LogP contribution in [0.2, 0.25) is 0 Å². The molecule has 3 nitrogen and oxygen atoms in total. The van der Waals surface area contributed by atoms with Gasteiger partial charge in [-0.15, -0.1) is 0 Å². The Bertz CT molecular complexity index is 634. The average molecular weight is 282 g/mol. The summed E-state index contributed by atoms with van der Waals surface area (Å²) in [5, 5.41) is 0. The molecule has 0 spiro atoms. The largest absolute Gasteiger partial charge is 0.343 e. The molecule has 0 unspecified atom stereocenters. The number of hydrogen-bond donors (Lipinski definition) is 0. The minimum absolute atomic E-state index is 0.174. The summed E-state index contributed by atoms with van der Waals surface area (Å²) < 4.78 is 2.07. The van der Waals surface area contributed by atoms with Crippen molar-refractivity contribution in [3.63, 3.8) is 0 Å². The fourth-order valence-corrected chi connectivity index (χ4v) is 2.94. The first kappa shape index (κ1) is 13.9. The van der Waals surface area contributed by atoms with E-state index < -0.39 is 0 Å². The number of aryl methyl sites for hydroxylation is 2. The van der Waals surface area contributed by atoms with Gasteiger partial charge in [0.25, 0.3) is 5.91 Å². The zero-order valence-electron chi connectivity index (χ0n) is 12.8. The number of hydrogen-bond acceptors (Lipinski definition) is 1. The van der Waals surface area contributed by atoms with Crippen LogP contribution in [0, 0.1) is 6.92 Å². The Hall–Kier alpha value is -2.03. The summed E-state index contributed by atoms with van der Waals surface area (Å²) in [6.07, 6.45) is 4.35. The molecule has 0 atom stereocenters. The Balaban J connectivity index is 1.94. The predicted octanol–water partition coefficient (Wildman–Crippen LogP) is 3.72. The van der Waals surface area contributed by atoms with Gasteiger partial charge in [-0.25, -0.2) is 0 Å². The summed E-state index contributed by atoms with van der Waals surface area (Å²) in [7, 11) is 0. The maximum absolute atomic E-state index is 12.6. The Morgan fingerprint density at radius 2 is 1.76 bits per heavy atom. The Morgan fingerprint density at radius 3 is 2.38 bits per heavy atom. The number of rotatable bonds is 3. The van der Waals surface area contributed by atoms with Gasteiger partial charge in [-0.05, 0) is 38.3 Å². The third-order valence-corrected chi connectivity index (χ3v) is 4.23. The number of benzene rings is 1. The summed E-state index contributed by atoms with van der Waals surface area (Å²) in [5.41, 5.74) is 4.36. The highest BCUT2D eigenvalue weighted by Gasteiger charge is 2.22. The standard InChI is InChI=1S/C18H22N2O/c1-3-19-13-16(15-8-6-14(2)7-9-15)12-17(19)18(21)20-10-4-5-11-20/h6-9,12-13H,3-5,10-11H2,1-2H3. The molecule has 21 heavy (non-hydrogen) atoms. The molecule has 0 saturated carbocycles. The van der Waals surface area contributed by atoms with Crippen LogP contribution in [0.4, 0.5) is 0 Å². The lowest BCUT2D eigenvalue weighted by Gasteiger charge is -2.16. The zero-order chi connectivity index (χ0) is 14.8. The second kappa shape index (κ2) is 5.76. The molecule has 0 radical (unpaired) electrons. The van der Waals surface area contributed by atoms with Crippen molar-refractivity contribution < 1.29 is 4.79 Å². The Labute approximate surface area is 126 Å². The van der Waals surface area contributed by atoms with Crippen molar-refractivity contribution in [1.82, 2.24) is 9.47 Å². The van der Waals surface area contributed by atoms with E-state index in [2.05, 4.69) is 48.9 Å². The van der Waals surface area contributed by atoms with E-state index in [1.54, 1.807) is 0 Å². The highest BCUT2D eigenvalue weighted by Crippen LogP contribution is 2.24. The van der Waals surface area contributed by atoms with Crippen LogP contribution >= 0.6 is 0 Å². The smallest absolute Gasteiger partial charge is 0.270 e. The number of carbonyl (C=O) groups is 1. The minimum Gasteiger partial charge on any atom is -0.343 e. The van der Waals surface area contributed by atoms with E-state index in [0.29, 0.717) is 0 Å². The molecule has 1 fully saturated rings. The van der Waals surface area contributed by atoms with Crippen molar-refractivity contribution in [3.8, 4) is 11.1 Å². The van der Waals surface area contributed by atoms with E-state index in [4.69, 9.17) is 0 Å². The Morgan fingerprint density at radius 1 is 1.10 bits per heavy atom. The molecule has 1 amide bonds. The lowest BCUT2D eigenvalue weighted by atomic mass is 10.1. The van der Waals surface area contributed by atoms with Crippen molar-refractivity contribution >= 4 is 5.91 Å². The topological polar surface area (TPSA) is 25.2 Å². The normalized spacial score (nSPS) is 14.7. The third kappa shape index (κ3) is 2.73. The zero-order valence-corrected chi connectivity index (χ0v) is 12.8. The van der Waals surface area contributed by atoms with E-state index in [-0.39, 0.29) is 5.91 Å². The van der Waals surface area contributed by atoms with Crippen LogP contribution < -0.4 is 0 Å². The van der Waals surface area contributed by atoms with Gasteiger partial charge in [0, 0.05) is 31.4 Å². The first-order chi connectivity index (χ1) is 10.2. The Kier molecular flexibility index (Phi) is 3.82. The first-order valence-corrected chi connectivity index (χ1v) is 7.75. The lowest BCUT2D eigenvalue weighted by Crippen LogP contribution is -2.29. The van der Waals surface area contributed by atoms with Crippen LogP contribution in [0.5, 0.6) is 0 Å². The van der Waals surface area contributed by atoms with Gasteiger partial charge >= 0.3 is 0 Å². The van der Waals surface area contributed by atoms with Crippen molar-refractivity contribution in [2.75, 3.05) is 13.1 Å². The third-order valence-electron chi connectivity index (χ3n) is 4.23. The van der Waals surface area contributed by atoms with E-state index in [9.17, 15) is 4.79 Å². The maximum Gasteiger partial charge on any atom is 0.270 e. The fraction of sp³-hybridized carbons (Fsp3) is 0.389. The van der Waals surface area contributed by atoms with Gasteiger partial charge in [0.2, 0.25) is 0 Å². The highest BCUT2D eigenvalue weighted by molar-refractivity contribution is 5.94. The van der Waals surface area contributed by atoms with Crippen molar-refractivity contribution in [2.24, 2.45) is 0 Å². The molecule has 1 aromatic carbocycles. The van der Waals surface area contributed by atoms with Gasteiger partial charge in [0.05, 0.1) is 0 Å². The van der Waals surface area contributed by atoms with Crippen molar-refractivity contribution in [1.29, 1.82) is 0 Å². The SMILES string of the molecule is CCn1cc(-c2ccc(C)cc2)cc1C(=O)N1CCCC1. The molecular formula is C18H22N2O. The molecule has 0 N–H and O–H groups in total. The van der Waals surface area contributed by atoms with Crippen molar-refractivity contribution in [3.05, 3.63) is 47.8 Å². The van der Waals surface area contributed by atoms with Crippen LogP contribution in [0.3, 0.4) is 0 Å². The molecule has 0 bridgehead atoms. The summed E-state index contributed by atoms with van der Waals surface area (Å²) in [6, 6.07) is 10.5. The summed E-state index contributed by atoms with van der Waals surface area (Å²) in [4.78, 5) is 14.6. The predicted molar refractivity (Wildman–Crippen MR) is 85.4 cm³/mol. The molecule has 0 aliphatic carbocycles. The summed E-state index contributed by atoms with van der Waals surface area (Å²) in [6.45, 7) is 6.78. The number of amides is 1. The molecule has 3 rings (SSSR count). The summed E-state index contributed by atoms with van der Waals surface area (Å²) >= 11 is 0. The van der Waals surface area contributed by atoms with Crippen LogP contribution in [-0.2, 0) is 6.54 Å². The quantitative estimate of drug-likeness (QED) is 0.842. The number of aromatic nitrogens is 1. The number of carbonyl (C=O) groups excluding carboxylic acids is 1. The molecule has 2 heterocycles. The van der Waals surface area contributed by atoms with E-state index in [1.165, 1.54) is 11.1 Å². The van der Waals surface area contributed by atoms with Crippen LogP contribution in [0.15, 0.2) is 36.5 Å². The van der Waals surface area contributed by atoms with Gasteiger partial charge in [0.15, 0.2) is 0 Å². The molecule has 1 aliphatic rings. The summed E-state index contributed by atoms with van der Waals surface area (Å²) in [5.74, 6) is 0.174. The monoisotopic (exact) mass is 282 g/mol. The number of likely N-dealkylation sites (tertiary alicyclic amines) is 1. The second-order valence-electron chi connectivity index (χ2n) is 5.77. The molecule has 1 aliphatic heterocycles. The van der Waals surface area contributed by atoms with E-state index >= 15 is 0 Å². The van der Waals surface area contributed by atoms with Gasteiger partial charge in [-0.1, -0.05) is 29.8 Å². The number of nitrogens with zero attached hydrogens (tertiary/aromatic N) is 2. The van der Waals surface area contributed by atoms with E-state index in [1.807, 2.05) is 11.0 Å². The van der Waals surface area contributed by atoms with Crippen LogP contribution in [-0.4, -0.2) is 28.5 Å². The van der Waals surface area contributed by atoms with Crippen LogP contribution in [0.25, 0.3) is 11.1 Å². The average Bonchev–Trinajstić information content (AvgIpc) is 3.17. The second-order valence-corrected chi connectivity index (χ2v) is 5.77. The maximum atomic E-state index is 12.6.